The molecule has 0 saturated carbocycles. The fraction of sp³-hybridized carbons (Fsp3) is 0.241. The number of nitrogens with one attached hydrogen (secondary N) is 1. The molecule has 0 fully saturated rings. The SMILES string of the molecule is Cc1ccc2c(c1)c1c(n2C(=O)NCc2ccnc(Cl)c2)CCN(C/C=C/c2ccc(C(F)(F)F)cc2)C1. The standard InChI is InChI=1S/C29H26ClF3N4O/c1-19-4-9-25-23(15-19)24-18-36(13-2-3-20-5-7-22(8-6-20)29(31,32)33)14-11-26(24)37(25)28(38)35-17-21-10-12-34-27(30)16-21/h2-10,12,15-16H,11,13-14,17-18H2,1H3,(H,35,38)/b3-2+. The zero-order valence-electron chi connectivity index (χ0n) is 20.7. The van der Waals surface area contributed by atoms with E-state index in [4.69, 9.17) is 11.6 Å². The molecule has 0 aliphatic carbocycles. The van der Waals surface area contributed by atoms with Crippen molar-refractivity contribution in [3.05, 3.63) is 106 Å². The minimum absolute atomic E-state index is 0.191. The van der Waals surface area contributed by atoms with Gasteiger partial charge >= 0.3 is 12.2 Å². The van der Waals surface area contributed by atoms with Gasteiger partial charge in [-0.1, -0.05) is 47.5 Å². The van der Waals surface area contributed by atoms with Crippen LogP contribution in [0.4, 0.5) is 18.0 Å². The normalized spacial score (nSPS) is 14.2. The molecule has 1 amide bonds. The largest absolute Gasteiger partial charge is 0.416 e. The summed E-state index contributed by atoms with van der Waals surface area (Å²) in [6, 6.07) is 14.6. The highest BCUT2D eigenvalue weighted by atomic mass is 35.5. The number of halogens is 4. The molecule has 0 atom stereocenters. The predicted octanol–water partition coefficient (Wildman–Crippen LogP) is 6.85. The van der Waals surface area contributed by atoms with Crippen LogP contribution in [0.15, 0.2) is 66.9 Å². The van der Waals surface area contributed by atoms with E-state index < -0.39 is 11.7 Å². The Kier molecular flexibility index (Phi) is 7.27. The summed E-state index contributed by atoms with van der Waals surface area (Å²) in [5.74, 6) is 0. The number of pyridine rings is 1. The highest BCUT2D eigenvalue weighted by molar-refractivity contribution is 6.29. The summed E-state index contributed by atoms with van der Waals surface area (Å²) in [5, 5.41) is 4.44. The Morgan fingerprint density at radius 2 is 1.92 bits per heavy atom. The summed E-state index contributed by atoms with van der Waals surface area (Å²) in [4.78, 5) is 19.6. The van der Waals surface area contributed by atoms with E-state index in [1.165, 1.54) is 12.1 Å². The third-order valence-corrected chi connectivity index (χ3v) is 6.94. The van der Waals surface area contributed by atoms with Gasteiger partial charge in [-0.25, -0.2) is 9.78 Å². The van der Waals surface area contributed by atoms with Gasteiger partial charge in [0.05, 0.1) is 11.1 Å². The van der Waals surface area contributed by atoms with Gasteiger partial charge in [-0.3, -0.25) is 9.47 Å². The van der Waals surface area contributed by atoms with Gasteiger partial charge in [0.2, 0.25) is 0 Å². The van der Waals surface area contributed by atoms with Crippen molar-refractivity contribution in [2.24, 2.45) is 0 Å². The first kappa shape index (κ1) is 26.0. The molecule has 9 heteroatoms. The molecule has 1 N–H and O–H groups in total. The summed E-state index contributed by atoms with van der Waals surface area (Å²) in [5.41, 5.74) is 5.04. The number of carbonyl (C=O) groups excluding carboxylic acids is 1. The lowest BCUT2D eigenvalue weighted by molar-refractivity contribution is -0.137. The fourth-order valence-electron chi connectivity index (χ4n) is 4.85. The number of benzene rings is 2. The summed E-state index contributed by atoms with van der Waals surface area (Å²) < 4.78 is 40.2. The topological polar surface area (TPSA) is 50.2 Å². The number of carbonyl (C=O) groups is 1. The van der Waals surface area contributed by atoms with Crippen LogP contribution >= 0.6 is 11.6 Å². The number of nitrogens with zero attached hydrogens (tertiary/aromatic N) is 3. The van der Waals surface area contributed by atoms with Crippen LogP contribution in [0.2, 0.25) is 5.15 Å². The molecule has 0 saturated heterocycles. The molecule has 4 aromatic rings. The van der Waals surface area contributed by atoms with Gasteiger partial charge in [0, 0.05) is 49.9 Å². The molecule has 5 nitrogen and oxygen atoms in total. The van der Waals surface area contributed by atoms with Crippen LogP contribution in [0.3, 0.4) is 0 Å². The van der Waals surface area contributed by atoms with E-state index in [9.17, 15) is 18.0 Å². The van der Waals surface area contributed by atoms with E-state index >= 15 is 0 Å². The zero-order valence-corrected chi connectivity index (χ0v) is 21.5. The fourth-order valence-corrected chi connectivity index (χ4v) is 5.04. The summed E-state index contributed by atoms with van der Waals surface area (Å²) in [6.45, 7) is 4.44. The maximum atomic E-state index is 13.3. The van der Waals surface area contributed by atoms with Crippen LogP contribution in [0.5, 0.6) is 0 Å². The molecule has 2 aromatic heterocycles. The number of hydrogen-bond donors (Lipinski definition) is 1. The number of rotatable bonds is 5. The van der Waals surface area contributed by atoms with Gasteiger partial charge in [-0.05, 0) is 60.0 Å². The average Bonchev–Trinajstić information content (AvgIpc) is 3.20. The third kappa shape index (κ3) is 5.61. The van der Waals surface area contributed by atoms with Gasteiger partial charge in [-0.15, -0.1) is 0 Å². The molecule has 2 aromatic carbocycles. The molecule has 1 aliphatic heterocycles. The number of hydrogen-bond acceptors (Lipinski definition) is 3. The van der Waals surface area contributed by atoms with E-state index in [0.717, 1.165) is 57.5 Å². The first-order valence-electron chi connectivity index (χ1n) is 12.3. The monoisotopic (exact) mass is 538 g/mol. The Labute approximate surface area is 223 Å². The molecule has 0 unspecified atom stereocenters. The van der Waals surface area contributed by atoms with E-state index in [2.05, 4.69) is 21.3 Å². The molecule has 1 aliphatic rings. The van der Waals surface area contributed by atoms with E-state index in [0.29, 0.717) is 31.2 Å². The van der Waals surface area contributed by atoms with Gasteiger partial charge in [0.15, 0.2) is 0 Å². The van der Waals surface area contributed by atoms with Crippen molar-refractivity contribution in [2.45, 2.75) is 32.6 Å². The first-order valence-corrected chi connectivity index (χ1v) is 12.6. The van der Waals surface area contributed by atoms with Crippen LogP contribution in [0.1, 0.15) is 33.5 Å². The summed E-state index contributed by atoms with van der Waals surface area (Å²) >= 11 is 5.98. The molecule has 0 radical (unpaired) electrons. The molecule has 3 heterocycles. The van der Waals surface area contributed by atoms with Crippen LogP contribution in [-0.2, 0) is 25.7 Å². The van der Waals surface area contributed by atoms with Gasteiger partial charge < -0.3 is 5.32 Å². The highest BCUT2D eigenvalue weighted by Gasteiger charge is 2.30. The molecular formula is C29H26ClF3N4O. The predicted molar refractivity (Wildman–Crippen MR) is 143 cm³/mol. The second-order valence-electron chi connectivity index (χ2n) is 9.43. The van der Waals surface area contributed by atoms with E-state index in [-0.39, 0.29) is 6.03 Å². The Hall–Kier alpha value is -3.62. The Morgan fingerprint density at radius 1 is 1.13 bits per heavy atom. The van der Waals surface area contributed by atoms with Crippen molar-refractivity contribution in [3.8, 4) is 0 Å². The van der Waals surface area contributed by atoms with Crippen LogP contribution in [0, 0.1) is 6.92 Å². The Morgan fingerprint density at radius 3 is 2.66 bits per heavy atom. The van der Waals surface area contributed by atoms with E-state index in [1.807, 2.05) is 37.3 Å². The summed E-state index contributed by atoms with van der Waals surface area (Å²) in [7, 11) is 0. The smallest absolute Gasteiger partial charge is 0.333 e. The molecule has 38 heavy (non-hydrogen) atoms. The van der Waals surface area contributed by atoms with Crippen molar-refractivity contribution in [3.63, 3.8) is 0 Å². The van der Waals surface area contributed by atoms with Gasteiger partial charge in [-0.2, -0.15) is 13.2 Å². The van der Waals surface area contributed by atoms with Gasteiger partial charge in [0.25, 0.3) is 0 Å². The number of fused-ring (bicyclic) bond motifs is 3. The van der Waals surface area contributed by atoms with E-state index in [1.54, 1.807) is 16.8 Å². The molecule has 0 spiro atoms. The maximum absolute atomic E-state index is 13.3. The highest BCUT2D eigenvalue weighted by Crippen LogP contribution is 2.32. The van der Waals surface area contributed by atoms with Crippen molar-refractivity contribution in [1.29, 1.82) is 0 Å². The minimum Gasteiger partial charge on any atom is -0.333 e. The third-order valence-electron chi connectivity index (χ3n) is 6.73. The number of aryl methyl sites for hydroxylation is 1. The first-order chi connectivity index (χ1) is 18.2. The number of alkyl halides is 3. The quantitative estimate of drug-likeness (QED) is 0.283. The lowest BCUT2D eigenvalue weighted by Gasteiger charge is -2.27. The van der Waals surface area contributed by atoms with Gasteiger partial charge in [0.1, 0.15) is 5.15 Å². The molecule has 196 valence electrons. The van der Waals surface area contributed by atoms with Crippen molar-refractivity contribution >= 4 is 34.6 Å². The van der Waals surface area contributed by atoms with Crippen LogP contribution < -0.4 is 5.32 Å². The molecule has 5 rings (SSSR count). The lowest BCUT2D eigenvalue weighted by Crippen LogP contribution is -2.34. The van der Waals surface area contributed by atoms with Crippen LogP contribution in [0.25, 0.3) is 17.0 Å². The van der Waals surface area contributed by atoms with Crippen LogP contribution in [-0.4, -0.2) is 33.6 Å². The molecule has 0 bridgehead atoms. The number of amides is 1. The maximum Gasteiger partial charge on any atom is 0.416 e. The molecular weight excluding hydrogens is 513 g/mol. The minimum atomic E-state index is -4.34. The second kappa shape index (κ2) is 10.6. The second-order valence-corrected chi connectivity index (χ2v) is 9.82. The van der Waals surface area contributed by atoms with Crippen molar-refractivity contribution in [2.75, 3.05) is 13.1 Å². The summed E-state index contributed by atoms with van der Waals surface area (Å²) in [6.07, 6.45) is 1.77. The Balaban J connectivity index is 1.33. The van der Waals surface area contributed by atoms with Crippen molar-refractivity contribution in [1.82, 2.24) is 19.8 Å². The Bertz CT molecular complexity index is 1510. The zero-order chi connectivity index (χ0) is 26.9. The number of aromatic nitrogens is 2. The van der Waals surface area contributed by atoms with Crippen molar-refractivity contribution < 1.29 is 18.0 Å². The average molecular weight is 539 g/mol. The lowest BCUT2D eigenvalue weighted by atomic mass is 10.0.